The van der Waals surface area contributed by atoms with Crippen molar-refractivity contribution in [2.45, 2.75) is 51.7 Å². The third kappa shape index (κ3) is 2.67. The molecular formula is C26H26N2O2. The van der Waals surface area contributed by atoms with E-state index in [0.29, 0.717) is 23.6 Å². The van der Waals surface area contributed by atoms with Crippen molar-refractivity contribution < 1.29 is 4.42 Å². The van der Waals surface area contributed by atoms with Crippen LogP contribution in [0.15, 0.2) is 57.9 Å². The van der Waals surface area contributed by atoms with Crippen LogP contribution < -0.4 is 5.43 Å². The van der Waals surface area contributed by atoms with Crippen LogP contribution in [0.1, 0.15) is 47.7 Å². The molecule has 4 heteroatoms. The van der Waals surface area contributed by atoms with Crippen molar-refractivity contribution in [1.82, 2.24) is 9.47 Å². The van der Waals surface area contributed by atoms with Gasteiger partial charge in [-0.3, -0.25) is 9.69 Å². The Kier molecular flexibility index (Phi) is 4.10. The molecule has 2 aliphatic rings. The summed E-state index contributed by atoms with van der Waals surface area (Å²) in [7, 11) is 0. The monoisotopic (exact) mass is 398 g/mol. The highest BCUT2D eigenvalue weighted by Gasteiger charge is 2.33. The first-order chi connectivity index (χ1) is 14.7. The second-order valence-electron chi connectivity index (χ2n) is 8.85. The highest BCUT2D eigenvalue weighted by atomic mass is 16.3. The molecule has 0 N–H and O–H groups in total. The third-order valence-electron chi connectivity index (χ3n) is 6.98. The summed E-state index contributed by atoms with van der Waals surface area (Å²) >= 11 is 0. The molecular weight excluding hydrogens is 372 g/mol. The molecule has 3 heterocycles. The number of hydrogen-bond acceptors (Lipinski definition) is 3. The fourth-order valence-electron chi connectivity index (χ4n) is 5.63. The van der Waals surface area contributed by atoms with Gasteiger partial charge in [0.15, 0.2) is 5.43 Å². The van der Waals surface area contributed by atoms with Crippen LogP contribution in [-0.2, 0) is 19.5 Å². The molecule has 0 saturated heterocycles. The van der Waals surface area contributed by atoms with Gasteiger partial charge in [0.1, 0.15) is 5.58 Å². The van der Waals surface area contributed by atoms with E-state index in [4.69, 9.17) is 4.42 Å². The van der Waals surface area contributed by atoms with Gasteiger partial charge < -0.3 is 8.98 Å². The van der Waals surface area contributed by atoms with Gasteiger partial charge in [-0.05, 0) is 62.4 Å². The highest BCUT2D eigenvalue weighted by molar-refractivity contribution is 5.87. The molecule has 4 nitrogen and oxygen atoms in total. The molecule has 0 bridgehead atoms. The summed E-state index contributed by atoms with van der Waals surface area (Å²) in [4.78, 5) is 15.6. The molecule has 2 aromatic carbocycles. The summed E-state index contributed by atoms with van der Waals surface area (Å²) in [6, 6.07) is 14.8. The van der Waals surface area contributed by atoms with Crippen LogP contribution in [0.5, 0.6) is 0 Å². The summed E-state index contributed by atoms with van der Waals surface area (Å²) < 4.78 is 8.37. The third-order valence-corrected chi connectivity index (χ3v) is 6.98. The normalized spacial score (nSPS) is 19.2. The lowest BCUT2D eigenvalue weighted by Gasteiger charge is -2.33. The average Bonchev–Trinajstić information content (AvgIpc) is 2.95. The number of fused-ring (bicyclic) bond motifs is 4. The van der Waals surface area contributed by atoms with Gasteiger partial charge in [-0.2, -0.15) is 0 Å². The first kappa shape index (κ1) is 18.0. The summed E-state index contributed by atoms with van der Waals surface area (Å²) in [5.41, 5.74) is 7.26. The van der Waals surface area contributed by atoms with Crippen molar-refractivity contribution in [1.29, 1.82) is 0 Å². The Labute approximate surface area is 175 Å². The molecule has 4 aromatic rings. The quantitative estimate of drug-likeness (QED) is 0.457. The van der Waals surface area contributed by atoms with Crippen molar-refractivity contribution in [3.05, 3.63) is 81.3 Å². The van der Waals surface area contributed by atoms with Gasteiger partial charge in [0.05, 0.1) is 17.7 Å². The maximum atomic E-state index is 13.1. The number of hydrogen-bond donors (Lipinski definition) is 0. The molecule has 1 aliphatic heterocycles. The first-order valence-corrected chi connectivity index (χ1v) is 11.1. The van der Waals surface area contributed by atoms with Gasteiger partial charge in [-0.25, -0.2) is 0 Å². The van der Waals surface area contributed by atoms with Gasteiger partial charge >= 0.3 is 0 Å². The van der Waals surface area contributed by atoms with E-state index in [2.05, 4.69) is 34.6 Å². The second-order valence-corrected chi connectivity index (χ2v) is 8.85. The largest absolute Gasteiger partial charge is 0.464 e. The van der Waals surface area contributed by atoms with E-state index in [1.165, 1.54) is 34.1 Å². The Morgan fingerprint density at radius 1 is 1.07 bits per heavy atom. The number of rotatable bonds is 2. The maximum Gasteiger partial charge on any atom is 0.197 e. The maximum absolute atomic E-state index is 13.1. The summed E-state index contributed by atoms with van der Waals surface area (Å²) in [5, 5.41) is 2.11. The van der Waals surface area contributed by atoms with Crippen LogP contribution in [-0.4, -0.2) is 16.0 Å². The molecule has 0 fully saturated rings. The standard InChI is InChI=1S/C26H26N2O2/c1-17-10-11-22-21(14-17)19-7-4-8-23-25(19)28(22)13-5-12-27(23)15-18-16-30-24-9-3-2-6-20(24)26(18)29/h2-3,6,9-11,14,16,23H,4-5,7-8,12-13,15H2,1H3. The zero-order chi connectivity index (χ0) is 20.2. The number of aryl methyl sites for hydroxylation is 3. The van der Waals surface area contributed by atoms with Gasteiger partial charge in [-0.1, -0.05) is 23.8 Å². The van der Waals surface area contributed by atoms with Crippen LogP contribution in [0.2, 0.25) is 0 Å². The van der Waals surface area contributed by atoms with Crippen LogP contribution in [0.25, 0.3) is 21.9 Å². The van der Waals surface area contributed by atoms with E-state index in [1.54, 1.807) is 6.26 Å². The minimum absolute atomic E-state index is 0.105. The van der Waals surface area contributed by atoms with Crippen molar-refractivity contribution in [2.75, 3.05) is 6.54 Å². The Morgan fingerprint density at radius 2 is 1.97 bits per heavy atom. The molecule has 30 heavy (non-hydrogen) atoms. The van der Waals surface area contributed by atoms with Gasteiger partial charge in [0.25, 0.3) is 0 Å². The molecule has 0 spiro atoms. The topological polar surface area (TPSA) is 38.4 Å². The van der Waals surface area contributed by atoms with E-state index >= 15 is 0 Å². The predicted octanol–water partition coefficient (Wildman–Crippen LogP) is 5.34. The number of aromatic nitrogens is 1. The summed E-state index contributed by atoms with van der Waals surface area (Å²) in [6.45, 7) is 4.89. The number of para-hydroxylation sites is 1. The lowest BCUT2D eigenvalue weighted by atomic mass is 9.90. The van der Waals surface area contributed by atoms with Crippen molar-refractivity contribution in [2.24, 2.45) is 0 Å². The van der Waals surface area contributed by atoms with Crippen molar-refractivity contribution >= 4 is 21.9 Å². The lowest BCUT2D eigenvalue weighted by Crippen LogP contribution is -2.32. The first-order valence-electron chi connectivity index (χ1n) is 11.1. The van der Waals surface area contributed by atoms with Crippen LogP contribution in [0, 0.1) is 6.92 Å². The van der Waals surface area contributed by atoms with Crippen molar-refractivity contribution in [3.63, 3.8) is 0 Å². The number of benzene rings is 2. The molecule has 1 aliphatic carbocycles. The SMILES string of the molecule is Cc1ccc2c(c1)c1c3n2CCCN(Cc2coc4ccccc4c2=O)C3CCC1. The van der Waals surface area contributed by atoms with Crippen LogP contribution in [0.3, 0.4) is 0 Å². The zero-order valence-corrected chi connectivity index (χ0v) is 17.4. The molecule has 0 amide bonds. The van der Waals surface area contributed by atoms with E-state index in [9.17, 15) is 4.79 Å². The Balaban J connectivity index is 1.45. The Bertz CT molecular complexity index is 1330. The van der Waals surface area contributed by atoms with E-state index in [1.807, 2.05) is 24.3 Å². The summed E-state index contributed by atoms with van der Waals surface area (Å²) in [6.07, 6.45) is 6.29. The van der Waals surface area contributed by atoms with Gasteiger partial charge in [0.2, 0.25) is 0 Å². The van der Waals surface area contributed by atoms with Crippen LogP contribution in [0.4, 0.5) is 0 Å². The minimum Gasteiger partial charge on any atom is -0.464 e. The molecule has 0 radical (unpaired) electrons. The Hall–Kier alpha value is -2.85. The smallest absolute Gasteiger partial charge is 0.197 e. The van der Waals surface area contributed by atoms with Crippen molar-refractivity contribution in [3.8, 4) is 0 Å². The second kappa shape index (κ2) is 6.85. The van der Waals surface area contributed by atoms with E-state index in [-0.39, 0.29) is 5.43 Å². The fourth-order valence-corrected chi connectivity index (χ4v) is 5.63. The molecule has 1 unspecified atom stereocenters. The summed E-state index contributed by atoms with van der Waals surface area (Å²) in [5.74, 6) is 0. The molecule has 152 valence electrons. The number of nitrogens with zero attached hydrogens (tertiary/aromatic N) is 2. The molecule has 6 rings (SSSR count). The zero-order valence-electron chi connectivity index (χ0n) is 17.4. The average molecular weight is 399 g/mol. The van der Waals surface area contributed by atoms with Gasteiger partial charge in [-0.15, -0.1) is 0 Å². The minimum atomic E-state index is 0.105. The molecule has 1 atom stereocenters. The molecule has 2 aromatic heterocycles. The fraction of sp³-hybridized carbons (Fsp3) is 0.346. The highest BCUT2D eigenvalue weighted by Crippen LogP contribution is 2.42. The lowest BCUT2D eigenvalue weighted by molar-refractivity contribution is 0.172. The van der Waals surface area contributed by atoms with Gasteiger partial charge in [0, 0.05) is 41.8 Å². The van der Waals surface area contributed by atoms with E-state index in [0.717, 1.165) is 37.9 Å². The predicted molar refractivity (Wildman–Crippen MR) is 120 cm³/mol. The van der Waals surface area contributed by atoms with E-state index < -0.39 is 0 Å². The Morgan fingerprint density at radius 3 is 2.90 bits per heavy atom. The molecule has 0 saturated carbocycles. The van der Waals surface area contributed by atoms with Crippen LogP contribution >= 0.6 is 0 Å².